The van der Waals surface area contributed by atoms with Crippen molar-refractivity contribution >= 4 is 48.9 Å². The third-order valence-corrected chi connectivity index (χ3v) is 8.99. The van der Waals surface area contributed by atoms with Crippen molar-refractivity contribution in [1.29, 1.82) is 0 Å². The maximum Gasteiger partial charge on any atom is 0.222 e. The van der Waals surface area contributed by atoms with Crippen LogP contribution in [0, 0.1) is 0 Å². The van der Waals surface area contributed by atoms with Crippen LogP contribution in [0.5, 0.6) is 0 Å². The Morgan fingerprint density at radius 3 is 2.15 bits per heavy atom. The topological polar surface area (TPSA) is 54.5 Å². The average molecular weight is 478 g/mol. The van der Waals surface area contributed by atoms with Crippen LogP contribution in [0.4, 0.5) is 0 Å². The number of likely N-dealkylation sites (tertiary alicyclic amines) is 1. The van der Waals surface area contributed by atoms with Crippen molar-refractivity contribution in [3.8, 4) is 0 Å². The number of hydrogen-bond acceptors (Lipinski definition) is 3. The van der Waals surface area contributed by atoms with E-state index in [4.69, 9.17) is 11.6 Å². The van der Waals surface area contributed by atoms with Gasteiger partial charge in [-0.2, -0.15) is 0 Å². The van der Waals surface area contributed by atoms with Gasteiger partial charge in [0.05, 0.1) is 10.1 Å². The highest BCUT2D eigenvalue weighted by Gasteiger charge is 2.36. The lowest BCUT2D eigenvalue weighted by Crippen LogP contribution is -2.32. The van der Waals surface area contributed by atoms with Crippen molar-refractivity contribution < 1.29 is 13.2 Å². The van der Waals surface area contributed by atoms with Gasteiger partial charge in [0.1, 0.15) is 0 Å². The molecule has 0 aliphatic carbocycles. The molecule has 0 saturated carbocycles. The zero-order valence-electron chi connectivity index (χ0n) is 18.1. The summed E-state index contributed by atoms with van der Waals surface area (Å²) >= 11 is 5.90. The molecule has 1 unspecified atom stereocenters. The third kappa shape index (κ3) is 4.23. The average Bonchev–Trinajstić information content (AvgIpc) is 3.33. The van der Waals surface area contributed by atoms with Gasteiger partial charge in [0.25, 0.3) is 0 Å². The minimum absolute atomic E-state index is 0.000761. The maximum atomic E-state index is 13.1. The largest absolute Gasteiger partial charge is 0.341 e. The highest BCUT2D eigenvalue weighted by molar-refractivity contribution is 7.92. The first-order valence-corrected chi connectivity index (χ1v) is 13.0. The Labute approximate surface area is 198 Å². The van der Waals surface area contributed by atoms with Crippen molar-refractivity contribution in [2.75, 3.05) is 13.1 Å². The fraction of sp³-hybridized carbons (Fsp3) is 0.222. The van der Waals surface area contributed by atoms with E-state index in [9.17, 15) is 13.2 Å². The lowest BCUT2D eigenvalue weighted by Gasteiger charge is -2.18. The molecule has 4 nitrogen and oxygen atoms in total. The number of sulfone groups is 1. The first-order chi connectivity index (χ1) is 15.9. The molecule has 1 atom stereocenters. The first-order valence-electron chi connectivity index (χ1n) is 11.1. The van der Waals surface area contributed by atoms with Gasteiger partial charge in [0.15, 0.2) is 9.84 Å². The summed E-state index contributed by atoms with van der Waals surface area (Å²) in [5.74, 6) is 0.000761. The Morgan fingerprint density at radius 2 is 1.52 bits per heavy atom. The highest BCUT2D eigenvalue weighted by Crippen LogP contribution is 2.30. The molecule has 6 heteroatoms. The van der Waals surface area contributed by atoms with E-state index in [1.54, 1.807) is 17.0 Å². The number of nitrogens with zero attached hydrogens (tertiary/aromatic N) is 1. The van der Waals surface area contributed by atoms with Gasteiger partial charge >= 0.3 is 0 Å². The van der Waals surface area contributed by atoms with E-state index < -0.39 is 15.1 Å². The van der Waals surface area contributed by atoms with Gasteiger partial charge in [-0.3, -0.25) is 4.79 Å². The van der Waals surface area contributed by atoms with Gasteiger partial charge in [-0.05, 0) is 70.3 Å². The maximum absolute atomic E-state index is 13.1. The fourth-order valence-corrected chi connectivity index (χ4v) is 6.61. The zero-order chi connectivity index (χ0) is 23.0. The van der Waals surface area contributed by atoms with Gasteiger partial charge in [0, 0.05) is 24.5 Å². The van der Waals surface area contributed by atoms with Crippen molar-refractivity contribution in [3.63, 3.8) is 0 Å². The van der Waals surface area contributed by atoms with Gasteiger partial charge in [-0.1, -0.05) is 60.1 Å². The molecule has 1 fully saturated rings. The van der Waals surface area contributed by atoms with E-state index >= 15 is 0 Å². The monoisotopic (exact) mass is 477 g/mol. The summed E-state index contributed by atoms with van der Waals surface area (Å²) < 4.78 is 26.0. The molecule has 1 heterocycles. The number of halogens is 1. The molecule has 33 heavy (non-hydrogen) atoms. The number of aryl methyl sites for hydroxylation is 1. The number of carbonyl (C=O) groups excluding carboxylic acids is 1. The van der Waals surface area contributed by atoms with Crippen LogP contribution in [0.25, 0.3) is 21.5 Å². The molecule has 1 aliphatic rings. The van der Waals surface area contributed by atoms with E-state index in [1.165, 1.54) is 17.7 Å². The molecule has 5 rings (SSSR count). The second-order valence-corrected chi connectivity index (χ2v) is 11.2. The summed E-state index contributed by atoms with van der Waals surface area (Å²) in [7, 11) is -3.50. The van der Waals surface area contributed by atoms with Crippen LogP contribution in [-0.2, 0) is 21.1 Å². The number of carbonyl (C=O) groups is 1. The van der Waals surface area contributed by atoms with Crippen LogP contribution in [0.1, 0.15) is 18.4 Å². The summed E-state index contributed by atoms with van der Waals surface area (Å²) in [6, 6.07) is 24.9. The van der Waals surface area contributed by atoms with Gasteiger partial charge in [-0.25, -0.2) is 8.42 Å². The van der Waals surface area contributed by atoms with Crippen molar-refractivity contribution in [3.05, 3.63) is 89.4 Å². The first kappa shape index (κ1) is 21.9. The summed E-state index contributed by atoms with van der Waals surface area (Å²) in [6.45, 7) is 0.701. The minimum atomic E-state index is -3.50. The molecule has 0 aromatic heterocycles. The van der Waals surface area contributed by atoms with Crippen LogP contribution in [0.2, 0.25) is 5.02 Å². The quantitative estimate of drug-likeness (QED) is 0.349. The Hall–Kier alpha value is -2.89. The molecule has 0 radical (unpaired) electrons. The Kier molecular flexibility index (Phi) is 5.85. The van der Waals surface area contributed by atoms with E-state index in [2.05, 4.69) is 30.3 Å². The van der Waals surface area contributed by atoms with Gasteiger partial charge in [-0.15, -0.1) is 0 Å². The Balaban J connectivity index is 1.33. The summed E-state index contributed by atoms with van der Waals surface area (Å²) in [4.78, 5) is 15.0. The molecule has 0 bridgehead atoms. The van der Waals surface area contributed by atoms with E-state index in [1.807, 2.05) is 24.3 Å². The smallest absolute Gasteiger partial charge is 0.222 e. The molecule has 1 saturated heterocycles. The lowest BCUT2D eigenvalue weighted by atomic mass is 9.94. The summed E-state index contributed by atoms with van der Waals surface area (Å²) in [5, 5.41) is 4.56. The second kappa shape index (κ2) is 8.81. The van der Waals surface area contributed by atoms with Crippen LogP contribution >= 0.6 is 11.6 Å². The third-order valence-electron chi connectivity index (χ3n) is 6.55. The molecule has 0 spiro atoms. The molecule has 1 aliphatic heterocycles. The predicted octanol–water partition coefficient (Wildman–Crippen LogP) is 5.65. The molecule has 0 N–H and O–H groups in total. The van der Waals surface area contributed by atoms with Gasteiger partial charge in [0.2, 0.25) is 5.91 Å². The summed E-state index contributed by atoms with van der Waals surface area (Å²) in [5.41, 5.74) is 1.17. The van der Waals surface area contributed by atoms with Crippen molar-refractivity contribution in [2.45, 2.75) is 29.4 Å². The standard InChI is InChI=1S/C27H24ClNO3S/c28-21-9-11-22(12-10-21)33(31,32)23-15-16-29(18-23)27(30)14-13-26-24-7-3-1-5-19(24)17-20-6-2-4-8-25(20)26/h1-12,17,23H,13-16,18H2. The Bertz CT molecular complexity index is 1390. The fourth-order valence-electron chi connectivity index (χ4n) is 4.79. The SMILES string of the molecule is O=C(CCc1c2ccccc2cc2ccccc12)N1CCC(S(=O)(=O)c2ccc(Cl)cc2)C1. The summed E-state index contributed by atoms with van der Waals surface area (Å²) in [6.07, 6.45) is 1.42. The Morgan fingerprint density at radius 1 is 0.909 bits per heavy atom. The van der Waals surface area contributed by atoms with E-state index in [0.29, 0.717) is 30.8 Å². The molecule has 4 aromatic rings. The van der Waals surface area contributed by atoms with Gasteiger partial charge < -0.3 is 4.90 Å². The van der Waals surface area contributed by atoms with Crippen LogP contribution in [-0.4, -0.2) is 37.6 Å². The number of benzene rings is 4. The molecular weight excluding hydrogens is 454 g/mol. The highest BCUT2D eigenvalue weighted by atomic mass is 35.5. The molecule has 168 valence electrons. The number of amides is 1. The number of rotatable bonds is 5. The number of fused-ring (bicyclic) bond motifs is 2. The molecule has 1 amide bonds. The normalized spacial score (nSPS) is 16.5. The lowest BCUT2D eigenvalue weighted by molar-refractivity contribution is -0.130. The van der Waals surface area contributed by atoms with Crippen LogP contribution in [0.3, 0.4) is 0 Å². The molecule has 4 aromatic carbocycles. The second-order valence-electron chi connectivity index (χ2n) is 8.55. The predicted molar refractivity (Wildman–Crippen MR) is 133 cm³/mol. The minimum Gasteiger partial charge on any atom is -0.341 e. The van der Waals surface area contributed by atoms with Crippen molar-refractivity contribution in [1.82, 2.24) is 4.90 Å². The van der Waals surface area contributed by atoms with Crippen molar-refractivity contribution in [2.24, 2.45) is 0 Å². The van der Waals surface area contributed by atoms with Crippen LogP contribution in [0.15, 0.2) is 83.8 Å². The number of hydrogen-bond donors (Lipinski definition) is 0. The van der Waals surface area contributed by atoms with E-state index in [0.717, 1.165) is 21.5 Å². The molecular formula is C27H24ClNO3S. The van der Waals surface area contributed by atoms with Crippen LogP contribution < -0.4 is 0 Å². The zero-order valence-corrected chi connectivity index (χ0v) is 19.6. The van der Waals surface area contributed by atoms with E-state index in [-0.39, 0.29) is 17.3 Å².